The molecule has 0 unspecified atom stereocenters. The lowest BCUT2D eigenvalue weighted by Gasteiger charge is -2.01. The molecule has 0 aliphatic rings. The highest BCUT2D eigenvalue weighted by atomic mass is 16.5. The molecule has 0 atom stereocenters. The average molecular weight is 312 g/mol. The maximum Gasteiger partial charge on any atom is 0.356 e. The van der Waals surface area contributed by atoms with Crippen LogP contribution < -0.4 is 0 Å². The molecular formula is C16H12N2O5. The van der Waals surface area contributed by atoms with Gasteiger partial charge in [-0.3, -0.25) is 0 Å². The molecule has 3 rings (SSSR count). The summed E-state index contributed by atoms with van der Waals surface area (Å²) in [6.45, 7) is 1.97. The molecule has 0 bridgehead atoms. The fourth-order valence-electron chi connectivity index (χ4n) is 2.06. The van der Waals surface area contributed by atoms with E-state index in [4.69, 9.17) is 14.3 Å². The second-order valence-electron chi connectivity index (χ2n) is 4.66. The second-order valence-corrected chi connectivity index (χ2v) is 4.66. The lowest BCUT2D eigenvalue weighted by molar-refractivity contribution is 0.0519. The monoisotopic (exact) mass is 312 g/mol. The summed E-state index contributed by atoms with van der Waals surface area (Å²) in [5, 5.41) is 9.00. The molecule has 0 aliphatic heterocycles. The molecular weight excluding hydrogens is 300 g/mol. The van der Waals surface area contributed by atoms with Gasteiger partial charge in [0.25, 0.3) is 0 Å². The number of aromatic nitrogens is 2. The van der Waals surface area contributed by atoms with E-state index in [1.807, 2.05) is 0 Å². The lowest BCUT2D eigenvalue weighted by atomic mass is 10.2. The molecule has 2 aromatic heterocycles. The first-order chi connectivity index (χ1) is 11.1. The molecule has 7 nitrogen and oxygen atoms in total. The molecule has 2 heterocycles. The molecule has 1 N–H and O–H groups in total. The normalized spacial score (nSPS) is 10.7. The molecule has 3 aromatic rings. The van der Waals surface area contributed by atoms with Gasteiger partial charge in [-0.1, -0.05) is 0 Å². The van der Waals surface area contributed by atoms with E-state index in [-0.39, 0.29) is 23.8 Å². The number of ether oxygens (including phenoxy) is 1. The third-order valence-electron chi connectivity index (χ3n) is 3.13. The van der Waals surface area contributed by atoms with Crippen LogP contribution in [0.25, 0.3) is 22.6 Å². The number of oxazole rings is 1. The first-order valence-electron chi connectivity index (χ1n) is 6.86. The van der Waals surface area contributed by atoms with Crippen molar-refractivity contribution in [2.45, 2.75) is 6.92 Å². The number of carbonyl (C=O) groups excluding carboxylic acids is 1. The highest BCUT2D eigenvalue weighted by Crippen LogP contribution is 2.25. The quantitative estimate of drug-likeness (QED) is 0.739. The van der Waals surface area contributed by atoms with E-state index >= 15 is 0 Å². The Hall–Kier alpha value is -3.22. The molecule has 0 radical (unpaired) electrons. The fourth-order valence-corrected chi connectivity index (χ4v) is 2.06. The minimum Gasteiger partial charge on any atom is -0.478 e. The van der Waals surface area contributed by atoms with Crippen LogP contribution in [0.3, 0.4) is 0 Å². The van der Waals surface area contributed by atoms with Gasteiger partial charge >= 0.3 is 11.9 Å². The van der Waals surface area contributed by atoms with Crippen LogP contribution in [0, 0.1) is 0 Å². The summed E-state index contributed by atoms with van der Waals surface area (Å²) in [6.07, 6.45) is 1.46. The van der Waals surface area contributed by atoms with Crippen molar-refractivity contribution in [1.82, 2.24) is 9.97 Å². The van der Waals surface area contributed by atoms with Crippen molar-refractivity contribution in [2.24, 2.45) is 0 Å². The fraction of sp³-hybridized carbons (Fsp3) is 0.125. The van der Waals surface area contributed by atoms with Crippen molar-refractivity contribution < 1.29 is 23.8 Å². The van der Waals surface area contributed by atoms with Crippen LogP contribution in [0.4, 0.5) is 0 Å². The van der Waals surface area contributed by atoms with Gasteiger partial charge in [0.15, 0.2) is 5.58 Å². The summed E-state index contributed by atoms with van der Waals surface area (Å²) in [5.74, 6) is -1.29. The molecule has 0 fully saturated rings. The van der Waals surface area contributed by atoms with Crippen LogP contribution in [0.15, 0.2) is 40.9 Å². The smallest absolute Gasteiger partial charge is 0.356 e. The largest absolute Gasteiger partial charge is 0.478 e. The van der Waals surface area contributed by atoms with E-state index in [1.165, 1.54) is 24.4 Å². The van der Waals surface area contributed by atoms with E-state index in [1.54, 1.807) is 19.1 Å². The number of aromatic carboxylic acids is 1. The number of nitrogens with zero attached hydrogens (tertiary/aromatic N) is 2. The standard InChI is InChI=1S/C16H12N2O5/c1-2-22-16(21)12-7-9(5-6-17-12)14-18-11-8-10(15(19)20)3-4-13(11)23-14/h3-8H,2H2,1H3,(H,19,20). The maximum atomic E-state index is 11.7. The van der Waals surface area contributed by atoms with E-state index in [0.717, 1.165) is 0 Å². The highest BCUT2D eigenvalue weighted by molar-refractivity contribution is 5.92. The molecule has 0 spiro atoms. The number of benzene rings is 1. The summed E-state index contributed by atoms with van der Waals surface area (Å²) < 4.78 is 10.5. The Kier molecular flexibility index (Phi) is 3.76. The molecule has 0 aliphatic carbocycles. The zero-order chi connectivity index (χ0) is 16.4. The Morgan fingerprint density at radius 2 is 2.09 bits per heavy atom. The molecule has 23 heavy (non-hydrogen) atoms. The predicted molar refractivity (Wildman–Crippen MR) is 80.2 cm³/mol. The topological polar surface area (TPSA) is 103 Å². The summed E-state index contributed by atoms with van der Waals surface area (Å²) in [4.78, 5) is 30.9. The average Bonchev–Trinajstić information content (AvgIpc) is 2.98. The number of hydrogen-bond donors (Lipinski definition) is 1. The minimum atomic E-state index is -1.04. The number of fused-ring (bicyclic) bond motifs is 1. The van der Waals surface area contributed by atoms with Gasteiger partial charge in [-0.2, -0.15) is 0 Å². The number of pyridine rings is 1. The molecule has 0 saturated carbocycles. The number of carbonyl (C=O) groups is 2. The van der Waals surface area contributed by atoms with Crippen LogP contribution in [0.2, 0.25) is 0 Å². The van der Waals surface area contributed by atoms with Crippen LogP contribution in [-0.4, -0.2) is 33.6 Å². The number of hydrogen-bond acceptors (Lipinski definition) is 6. The Bertz CT molecular complexity index is 900. The third kappa shape index (κ3) is 2.89. The van der Waals surface area contributed by atoms with Crippen molar-refractivity contribution in [3.63, 3.8) is 0 Å². The van der Waals surface area contributed by atoms with Gasteiger partial charge in [0.1, 0.15) is 11.2 Å². The van der Waals surface area contributed by atoms with Crippen LogP contribution in [-0.2, 0) is 4.74 Å². The number of rotatable bonds is 4. The zero-order valence-corrected chi connectivity index (χ0v) is 12.1. The van der Waals surface area contributed by atoms with Crippen molar-refractivity contribution in [3.05, 3.63) is 47.8 Å². The van der Waals surface area contributed by atoms with Crippen LogP contribution in [0.5, 0.6) is 0 Å². The molecule has 116 valence electrons. The van der Waals surface area contributed by atoms with E-state index in [0.29, 0.717) is 16.7 Å². The summed E-state index contributed by atoms with van der Waals surface area (Å²) in [6, 6.07) is 7.57. The molecule has 1 aromatic carbocycles. The van der Waals surface area contributed by atoms with Gasteiger partial charge in [0.2, 0.25) is 5.89 Å². The van der Waals surface area contributed by atoms with Gasteiger partial charge in [-0.15, -0.1) is 0 Å². The molecule has 7 heteroatoms. The van der Waals surface area contributed by atoms with Crippen molar-refractivity contribution in [3.8, 4) is 11.5 Å². The summed E-state index contributed by atoms with van der Waals surface area (Å²) in [5.41, 5.74) is 1.71. The number of esters is 1. The molecule has 0 amide bonds. The second kappa shape index (κ2) is 5.88. The Morgan fingerprint density at radius 1 is 1.26 bits per heavy atom. The highest BCUT2D eigenvalue weighted by Gasteiger charge is 2.14. The summed E-state index contributed by atoms with van der Waals surface area (Å²) >= 11 is 0. The first-order valence-corrected chi connectivity index (χ1v) is 6.86. The SMILES string of the molecule is CCOC(=O)c1cc(-c2nc3cc(C(=O)O)ccc3o2)ccn1. The van der Waals surface area contributed by atoms with Gasteiger partial charge in [-0.25, -0.2) is 19.6 Å². The van der Waals surface area contributed by atoms with E-state index in [2.05, 4.69) is 9.97 Å². The van der Waals surface area contributed by atoms with Crippen molar-refractivity contribution in [1.29, 1.82) is 0 Å². The number of carboxylic acids is 1. The Balaban J connectivity index is 2.01. The van der Waals surface area contributed by atoms with Gasteiger partial charge in [0.05, 0.1) is 12.2 Å². The molecule has 0 saturated heterocycles. The van der Waals surface area contributed by atoms with Gasteiger partial charge < -0.3 is 14.3 Å². The van der Waals surface area contributed by atoms with Crippen LogP contribution in [0.1, 0.15) is 27.8 Å². The van der Waals surface area contributed by atoms with E-state index in [9.17, 15) is 9.59 Å². The number of carboxylic acid groups (broad SMARTS) is 1. The first kappa shape index (κ1) is 14.7. The minimum absolute atomic E-state index is 0.124. The summed E-state index contributed by atoms with van der Waals surface area (Å²) in [7, 11) is 0. The maximum absolute atomic E-state index is 11.7. The van der Waals surface area contributed by atoms with Gasteiger partial charge in [0, 0.05) is 11.8 Å². The third-order valence-corrected chi connectivity index (χ3v) is 3.13. The van der Waals surface area contributed by atoms with Crippen LogP contribution >= 0.6 is 0 Å². The van der Waals surface area contributed by atoms with Crippen molar-refractivity contribution >= 4 is 23.0 Å². The lowest BCUT2D eigenvalue weighted by Crippen LogP contribution is -2.06. The van der Waals surface area contributed by atoms with E-state index < -0.39 is 11.9 Å². The van der Waals surface area contributed by atoms with Gasteiger partial charge in [-0.05, 0) is 37.3 Å². The zero-order valence-electron chi connectivity index (χ0n) is 12.1. The predicted octanol–water partition coefficient (Wildman–Crippen LogP) is 2.76. The Labute approximate surface area is 130 Å². The van der Waals surface area contributed by atoms with Crippen molar-refractivity contribution in [2.75, 3.05) is 6.61 Å². The Morgan fingerprint density at radius 3 is 2.83 bits per heavy atom.